The van der Waals surface area contributed by atoms with Crippen molar-refractivity contribution >= 4 is 11.6 Å². The van der Waals surface area contributed by atoms with E-state index in [1.165, 1.54) is 0 Å². The molecular weight excluding hydrogens is 200 g/mol. The molecule has 0 bridgehead atoms. The topological polar surface area (TPSA) is 33.0 Å². The largest absolute Gasteiger partial charge is 0.321 e. The predicted octanol–water partition coefficient (Wildman–Crippen LogP) is 1.41. The van der Waals surface area contributed by atoms with Crippen molar-refractivity contribution in [3.8, 4) is 0 Å². The number of nitrogens with one attached hydrogen (secondary N) is 1. The molecule has 16 heavy (non-hydrogen) atoms. The molecule has 0 fully saturated rings. The maximum absolute atomic E-state index is 11.6. The lowest BCUT2D eigenvalue weighted by atomic mass is 10.3. The number of pyridine rings is 1. The minimum atomic E-state index is -0.0568. The van der Waals surface area contributed by atoms with Gasteiger partial charge in [-0.25, -0.2) is 0 Å². The van der Waals surface area contributed by atoms with E-state index in [9.17, 15) is 4.79 Å². The van der Waals surface area contributed by atoms with Gasteiger partial charge in [0.2, 0.25) is 6.54 Å². The van der Waals surface area contributed by atoms with Crippen LogP contribution in [0.1, 0.15) is 0 Å². The molecule has 1 aromatic heterocycles. The van der Waals surface area contributed by atoms with Gasteiger partial charge in [0.15, 0.2) is 6.20 Å². The molecule has 1 aromatic carbocycles. The lowest BCUT2D eigenvalue weighted by molar-refractivity contribution is -0.688. The lowest BCUT2D eigenvalue weighted by Crippen LogP contribution is -2.39. The molecule has 0 atom stereocenters. The van der Waals surface area contributed by atoms with Gasteiger partial charge in [-0.2, -0.15) is 4.57 Å². The van der Waals surface area contributed by atoms with Crippen molar-refractivity contribution in [3.63, 3.8) is 0 Å². The number of anilines is 1. The fraction of sp³-hybridized carbons (Fsp3) is 0.0769. The summed E-state index contributed by atoms with van der Waals surface area (Å²) < 4.78 is 1.71. The molecular formula is C13H12N2O+. The van der Waals surface area contributed by atoms with Crippen molar-refractivity contribution < 1.29 is 9.36 Å². The molecule has 1 amide bonds. The van der Waals surface area contributed by atoms with Crippen molar-refractivity contribution in [1.82, 2.24) is 0 Å². The molecule has 2 rings (SSSR count). The molecule has 0 aliphatic rings. The average Bonchev–Trinajstić information content (AvgIpc) is 2.31. The van der Waals surface area contributed by atoms with Crippen LogP contribution in [0.25, 0.3) is 0 Å². The summed E-state index contributed by atoms with van der Waals surface area (Å²) in [7, 11) is 0. The lowest BCUT2D eigenvalue weighted by Gasteiger charge is -2.01. The molecule has 1 radical (unpaired) electrons. The summed E-state index contributed by atoms with van der Waals surface area (Å²) in [6.07, 6.45) is 4.75. The Labute approximate surface area is 94.4 Å². The number of rotatable bonds is 3. The predicted molar refractivity (Wildman–Crippen MR) is 60.5 cm³/mol. The first-order valence-corrected chi connectivity index (χ1v) is 5.06. The van der Waals surface area contributed by atoms with E-state index < -0.39 is 0 Å². The third-order valence-corrected chi connectivity index (χ3v) is 2.09. The van der Waals surface area contributed by atoms with E-state index in [2.05, 4.69) is 11.5 Å². The van der Waals surface area contributed by atoms with E-state index >= 15 is 0 Å². The summed E-state index contributed by atoms with van der Waals surface area (Å²) in [4.78, 5) is 11.6. The number of carbonyl (C=O) groups is 1. The highest BCUT2D eigenvalue weighted by molar-refractivity contribution is 5.89. The highest BCUT2D eigenvalue weighted by Crippen LogP contribution is 2.04. The van der Waals surface area contributed by atoms with Crippen LogP contribution >= 0.6 is 0 Å². The van der Waals surface area contributed by atoms with Crippen LogP contribution in [0.15, 0.2) is 54.7 Å². The minimum absolute atomic E-state index is 0.0568. The summed E-state index contributed by atoms with van der Waals surface area (Å²) >= 11 is 0. The Morgan fingerprint density at radius 1 is 1.19 bits per heavy atom. The number of nitrogens with zero attached hydrogens (tertiary/aromatic N) is 1. The quantitative estimate of drug-likeness (QED) is 0.767. The summed E-state index contributed by atoms with van der Waals surface area (Å²) in [6.45, 7) is 0.274. The molecule has 0 saturated heterocycles. The number of hydrogen-bond acceptors (Lipinski definition) is 1. The van der Waals surface area contributed by atoms with Crippen molar-refractivity contribution in [1.29, 1.82) is 0 Å². The first-order chi connectivity index (χ1) is 7.84. The number of hydrogen-bond donors (Lipinski definition) is 1. The first-order valence-electron chi connectivity index (χ1n) is 5.06. The molecule has 0 saturated carbocycles. The van der Waals surface area contributed by atoms with Crippen molar-refractivity contribution in [2.24, 2.45) is 0 Å². The fourth-order valence-corrected chi connectivity index (χ4v) is 1.37. The first kappa shape index (κ1) is 10.4. The van der Waals surface area contributed by atoms with Gasteiger partial charge in [0.25, 0.3) is 12.1 Å². The third kappa shape index (κ3) is 2.92. The zero-order chi connectivity index (χ0) is 11.2. The second-order valence-corrected chi connectivity index (χ2v) is 3.37. The number of carbonyl (C=O) groups excluding carboxylic acids is 1. The Kier molecular flexibility index (Phi) is 3.28. The number of benzene rings is 1. The van der Waals surface area contributed by atoms with Gasteiger partial charge in [0, 0.05) is 17.8 Å². The Hall–Kier alpha value is -2.16. The maximum Gasteiger partial charge on any atom is 0.290 e. The monoisotopic (exact) mass is 212 g/mol. The van der Waals surface area contributed by atoms with Crippen LogP contribution in [-0.4, -0.2) is 5.91 Å². The summed E-state index contributed by atoms with van der Waals surface area (Å²) in [5, 5.41) is 2.81. The molecule has 1 heterocycles. The Balaban J connectivity index is 1.95. The molecule has 0 unspecified atom stereocenters. The third-order valence-electron chi connectivity index (χ3n) is 2.09. The second-order valence-electron chi connectivity index (χ2n) is 3.37. The minimum Gasteiger partial charge on any atom is -0.321 e. The van der Waals surface area contributed by atoms with Gasteiger partial charge in [-0.3, -0.25) is 4.79 Å². The number of para-hydroxylation sites is 1. The zero-order valence-electron chi connectivity index (χ0n) is 8.76. The van der Waals surface area contributed by atoms with E-state index in [0.29, 0.717) is 0 Å². The smallest absolute Gasteiger partial charge is 0.290 e. The van der Waals surface area contributed by atoms with Crippen LogP contribution in [0.5, 0.6) is 0 Å². The Morgan fingerprint density at radius 3 is 2.69 bits per heavy atom. The van der Waals surface area contributed by atoms with E-state index in [1.807, 2.05) is 48.7 Å². The van der Waals surface area contributed by atoms with Crippen LogP contribution in [0.4, 0.5) is 5.69 Å². The van der Waals surface area contributed by atoms with E-state index in [4.69, 9.17) is 0 Å². The van der Waals surface area contributed by atoms with Crippen LogP contribution < -0.4 is 9.88 Å². The average molecular weight is 212 g/mol. The molecule has 0 aliphatic heterocycles. The zero-order valence-corrected chi connectivity index (χ0v) is 8.76. The van der Waals surface area contributed by atoms with E-state index in [0.717, 1.165) is 5.69 Å². The molecule has 2 aromatic rings. The molecule has 0 aliphatic carbocycles. The highest BCUT2D eigenvalue weighted by atomic mass is 16.1. The van der Waals surface area contributed by atoms with Gasteiger partial charge in [-0.15, -0.1) is 0 Å². The van der Waals surface area contributed by atoms with Gasteiger partial charge in [-0.1, -0.05) is 18.2 Å². The van der Waals surface area contributed by atoms with Crippen LogP contribution in [0.3, 0.4) is 0 Å². The molecule has 1 N–H and O–H groups in total. The van der Waals surface area contributed by atoms with Crippen molar-refractivity contribution in [3.05, 3.63) is 60.9 Å². The molecule has 0 spiro atoms. The molecule has 3 nitrogen and oxygen atoms in total. The van der Waals surface area contributed by atoms with Gasteiger partial charge in [-0.05, 0) is 18.2 Å². The van der Waals surface area contributed by atoms with Crippen LogP contribution in [-0.2, 0) is 11.3 Å². The number of aromatic nitrogens is 1. The summed E-state index contributed by atoms with van der Waals surface area (Å²) in [5.41, 5.74) is 0.809. The highest BCUT2D eigenvalue weighted by Gasteiger charge is 2.08. The Bertz CT molecular complexity index is 410. The summed E-state index contributed by atoms with van der Waals surface area (Å²) in [5.74, 6) is -0.0568. The van der Waals surface area contributed by atoms with Crippen molar-refractivity contribution in [2.45, 2.75) is 6.54 Å². The summed E-state index contributed by atoms with van der Waals surface area (Å²) in [6, 6.07) is 14.9. The van der Waals surface area contributed by atoms with Gasteiger partial charge < -0.3 is 5.32 Å². The maximum atomic E-state index is 11.6. The van der Waals surface area contributed by atoms with Gasteiger partial charge in [0.05, 0.1) is 0 Å². The second kappa shape index (κ2) is 5.07. The number of amides is 1. The van der Waals surface area contributed by atoms with Gasteiger partial charge >= 0.3 is 0 Å². The van der Waals surface area contributed by atoms with Crippen LogP contribution in [0, 0.1) is 6.20 Å². The van der Waals surface area contributed by atoms with Crippen molar-refractivity contribution in [2.75, 3.05) is 5.32 Å². The normalized spacial score (nSPS) is 9.75. The van der Waals surface area contributed by atoms with E-state index in [-0.39, 0.29) is 12.5 Å². The standard InChI is InChI=1S/C13H12N2O/c16-13(11-15-9-5-2-6-10-15)14-12-7-3-1-4-8-12/h1-9H,11H2,(H,14,16)/q+1. The fourth-order valence-electron chi connectivity index (χ4n) is 1.37. The van der Waals surface area contributed by atoms with Crippen LogP contribution in [0.2, 0.25) is 0 Å². The van der Waals surface area contributed by atoms with E-state index in [1.54, 1.807) is 10.6 Å². The molecule has 79 valence electrons. The Morgan fingerprint density at radius 2 is 2.00 bits per heavy atom. The SMILES string of the molecule is O=C(C[n+]1[c]cccc1)Nc1ccccc1. The molecule has 3 heteroatoms. The van der Waals surface area contributed by atoms with Gasteiger partial charge in [0.1, 0.15) is 0 Å².